The molecule has 2 nitrogen and oxygen atoms in total. The summed E-state index contributed by atoms with van der Waals surface area (Å²) in [5.41, 5.74) is 2.54. The topological polar surface area (TPSA) is 21.3 Å². The van der Waals surface area contributed by atoms with E-state index in [1.165, 1.54) is 36.8 Å². The molecule has 0 spiro atoms. The van der Waals surface area contributed by atoms with E-state index < -0.39 is 0 Å². The van der Waals surface area contributed by atoms with E-state index in [-0.39, 0.29) is 0 Å². The lowest BCUT2D eigenvalue weighted by molar-refractivity contribution is 0.300. The van der Waals surface area contributed by atoms with E-state index in [9.17, 15) is 0 Å². The van der Waals surface area contributed by atoms with Crippen molar-refractivity contribution in [2.24, 2.45) is 0 Å². The molecular formula is C18H27NO. The maximum atomic E-state index is 6.04. The van der Waals surface area contributed by atoms with Crippen LogP contribution in [0.1, 0.15) is 49.7 Å². The van der Waals surface area contributed by atoms with Gasteiger partial charge in [-0.05, 0) is 51.0 Å². The molecule has 0 aromatic heterocycles. The highest BCUT2D eigenvalue weighted by Crippen LogP contribution is 2.26. The van der Waals surface area contributed by atoms with Gasteiger partial charge in [0.2, 0.25) is 0 Å². The summed E-state index contributed by atoms with van der Waals surface area (Å²) < 4.78 is 6.04. The highest BCUT2D eigenvalue weighted by molar-refractivity contribution is 5.40. The van der Waals surface area contributed by atoms with Crippen molar-refractivity contribution in [1.29, 1.82) is 0 Å². The van der Waals surface area contributed by atoms with Crippen molar-refractivity contribution in [3.63, 3.8) is 0 Å². The zero-order valence-corrected chi connectivity index (χ0v) is 12.7. The van der Waals surface area contributed by atoms with Crippen LogP contribution in [0.2, 0.25) is 0 Å². The van der Waals surface area contributed by atoms with E-state index in [0.29, 0.717) is 0 Å². The number of nitrogens with one attached hydrogen (secondary N) is 1. The Bertz CT molecular complexity index is 423. The fourth-order valence-electron chi connectivity index (χ4n) is 2.34. The van der Waals surface area contributed by atoms with Gasteiger partial charge in [-0.3, -0.25) is 0 Å². The van der Waals surface area contributed by atoms with Crippen LogP contribution in [-0.2, 0) is 6.54 Å². The van der Waals surface area contributed by atoms with Gasteiger partial charge in [-0.2, -0.15) is 0 Å². The molecule has 1 N–H and O–H groups in total. The number of unbranched alkanes of at least 4 members (excludes halogenated alkanes) is 3. The molecule has 1 fully saturated rings. The van der Waals surface area contributed by atoms with E-state index >= 15 is 0 Å². The highest BCUT2D eigenvalue weighted by atomic mass is 16.5. The lowest BCUT2D eigenvalue weighted by atomic mass is 10.1. The molecule has 0 heterocycles. The Morgan fingerprint density at radius 3 is 2.90 bits per heavy atom. The average molecular weight is 273 g/mol. The normalized spacial score (nSPS) is 14.2. The molecule has 0 unspecified atom stereocenters. The first kappa shape index (κ1) is 15.1. The molecule has 1 aromatic rings. The Balaban J connectivity index is 1.79. The second-order valence-electron chi connectivity index (χ2n) is 5.70. The summed E-state index contributed by atoms with van der Waals surface area (Å²) in [5.74, 6) is 1.09. The first-order valence-electron chi connectivity index (χ1n) is 7.87. The largest absolute Gasteiger partial charge is 0.493 e. The molecule has 1 saturated carbocycles. The molecule has 0 radical (unpaired) electrons. The van der Waals surface area contributed by atoms with Crippen molar-refractivity contribution >= 4 is 0 Å². The summed E-state index contributed by atoms with van der Waals surface area (Å²) in [6.45, 7) is 7.63. The number of aryl methyl sites for hydroxylation is 1. The SMILES string of the molecule is C=CCCCCCOc1c(C)cccc1CNC1CC1. The van der Waals surface area contributed by atoms with Crippen LogP contribution in [0, 0.1) is 6.92 Å². The minimum absolute atomic E-state index is 0.738. The molecule has 20 heavy (non-hydrogen) atoms. The lowest BCUT2D eigenvalue weighted by Crippen LogP contribution is -2.16. The number of allylic oxidation sites excluding steroid dienone is 1. The van der Waals surface area contributed by atoms with E-state index in [1.54, 1.807) is 0 Å². The third kappa shape index (κ3) is 5.01. The summed E-state index contributed by atoms with van der Waals surface area (Å²) in [6.07, 6.45) is 9.31. The number of benzene rings is 1. The van der Waals surface area contributed by atoms with Crippen LogP contribution < -0.4 is 10.1 Å². The molecule has 0 saturated heterocycles. The number of hydrogen-bond donors (Lipinski definition) is 1. The number of rotatable bonds is 10. The Hall–Kier alpha value is -1.28. The number of hydrogen-bond acceptors (Lipinski definition) is 2. The van der Waals surface area contributed by atoms with Crippen molar-refractivity contribution in [2.75, 3.05) is 6.61 Å². The predicted molar refractivity (Wildman–Crippen MR) is 85.2 cm³/mol. The summed E-state index contributed by atoms with van der Waals surface area (Å²) in [5, 5.41) is 3.57. The van der Waals surface area contributed by atoms with Crippen molar-refractivity contribution in [3.8, 4) is 5.75 Å². The highest BCUT2D eigenvalue weighted by Gasteiger charge is 2.20. The van der Waals surface area contributed by atoms with Gasteiger partial charge in [0.1, 0.15) is 5.75 Å². The molecule has 0 atom stereocenters. The van der Waals surface area contributed by atoms with Crippen LogP contribution >= 0.6 is 0 Å². The van der Waals surface area contributed by atoms with Gasteiger partial charge in [-0.1, -0.05) is 24.3 Å². The van der Waals surface area contributed by atoms with Crippen molar-refractivity contribution in [2.45, 2.75) is 58.0 Å². The second-order valence-corrected chi connectivity index (χ2v) is 5.70. The summed E-state index contributed by atoms with van der Waals surface area (Å²) >= 11 is 0. The third-order valence-electron chi connectivity index (χ3n) is 3.75. The number of para-hydroxylation sites is 1. The van der Waals surface area contributed by atoms with Gasteiger partial charge < -0.3 is 10.1 Å². The zero-order valence-electron chi connectivity index (χ0n) is 12.7. The molecule has 110 valence electrons. The molecule has 2 heteroatoms. The monoisotopic (exact) mass is 273 g/mol. The van der Waals surface area contributed by atoms with E-state index in [1.807, 2.05) is 6.08 Å². The van der Waals surface area contributed by atoms with Crippen LogP contribution in [0.15, 0.2) is 30.9 Å². The van der Waals surface area contributed by atoms with Gasteiger partial charge >= 0.3 is 0 Å². The molecule has 0 aliphatic heterocycles. The molecular weight excluding hydrogens is 246 g/mol. The van der Waals surface area contributed by atoms with Crippen LogP contribution in [0.25, 0.3) is 0 Å². The van der Waals surface area contributed by atoms with E-state index in [2.05, 4.69) is 37.0 Å². The third-order valence-corrected chi connectivity index (χ3v) is 3.75. The van der Waals surface area contributed by atoms with Crippen LogP contribution in [0.4, 0.5) is 0 Å². The first-order valence-corrected chi connectivity index (χ1v) is 7.87. The second kappa shape index (κ2) is 8.11. The van der Waals surface area contributed by atoms with Crippen molar-refractivity contribution < 1.29 is 4.74 Å². The van der Waals surface area contributed by atoms with Gasteiger partial charge in [-0.25, -0.2) is 0 Å². The fourth-order valence-corrected chi connectivity index (χ4v) is 2.34. The lowest BCUT2D eigenvalue weighted by Gasteiger charge is -2.14. The quantitative estimate of drug-likeness (QED) is 0.505. The molecule has 1 aliphatic rings. The van der Waals surface area contributed by atoms with Crippen LogP contribution in [0.3, 0.4) is 0 Å². The van der Waals surface area contributed by atoms with Crippen molar-refractivity contribution in [3.05, 3.63) is 42.0 Å². The average Bonchev–Trinajstić information content (AvgIpc) is 3.26. The molecule has 1 aliphatic carbocycles. The molecule has 2 rings (SSSR count). The number of ether oxygens (including phenoxy) is 1. The van der Waals surface area contributed by atoms with Gasteiger partial charge in [0.15, 0.2) is 0 Å². The van der Waals surface area contributed by atoms with E-state index in [4.69, 9.17) is 4.74 Å². The summed E-state index contributed by atoms with van der Waals surface area (Å²) in [7, 11) is 0. The Kier molecular flexibility index (Phi) is 6.13. The minimum Gasteiger partial charge on any atom is -0.493 e. The zero-order chi connectivity index (χ0) is 14.2. The van der Waals surface area contributed by atoms with Gasteiger partial charge in [-0.15, -0.1) is 6.58 Å². The summed E-state index contributed by atoms with van der Waals surface area (Å²) in [6, 6.07) is 7.17. The standard InChI is InChI=1S/C18H27NO/c1-3-4-5-6-7-13-20-18-15(2)9-8-10-16(18)14-19-17-11-12-17/h3,8-10,17,19H,1,4-7,11-14H2,2H3. The van der Waals surface area contributed by atoms with E-state index in [0.717, 1.165) is 37.8 Å². The van der Waals surface area contributed by atoms with Crippen molar-refractivity contribution in [1.82, 2.24) is 5.32 Å². The Morgan fingerprint density at radius 1 is 1.30 bits per heavy atom. The smallest absolute Gasteiger partial charge is 0.126 e. The van der Waals surface area contributed by atoms with Crippen LogP contribution in [-0.4, -0.2) is 12.6 Å². The van der Waals surface area contributed by atoms with Gasteiger partial charge in [0.05, 0.1) is 6.61 Å². The predicted octanol–water partition coefficient (Wildman–Crippen LogP) is 4.37. The summed E-state index contributed by atoms with van der Waals surface area (Å²) in [4.78, 5) is 0. The van der Waals surface area contributed by atoms with Crippen LogP contribution in [0.5, 0.6) is 5.75 Å². The maximum Gasteiger partial charge on any atom is 0.126 e. The van der Waals surface area contributed by atoms with Gasteiger partial charge in [0, 0.05) is 18.2 Å². The fraction of sp³-hybridized carbons (Fsp3) is 0.556. The Morgan fingerprint density at radius 2 is 2.15 bits per heavy atom. The minimum atomic E-state index is 0.738. The maximum absolute atomic E-state index is 6.04. The van der Waals surface area contributed by atoms with Gasteiger partial charge in [0.25, 0.3) is 0 Å². The Labute approximate surface area is 123 Å². The molecule has 1 aromatic carbocycles. The molecule has 0 bridgehead atoms. The molecule has 0 amide bonds. The first-order chi connectivity index (χ1) is 9.81.